The highest BCUT2D eigenvalue weighted by molar-refractivity contribution is 6.77. The molecule has 1 fully saturated rings. The zero-order valence-corrected chi connectivity index (χ0v) is 17.5. The summed E-state index contributed by atoms with van der Waals surface area (Å²) in [6.07, 6.45) is -0.534. The number of phenolic OH excluding ortho intramolecular Hbond substituents is 1. The molecule has 4 nitrogen and oxygen atoms in total. The van der Waals surface area contributed by atoms with Crippen LogP contribution >= 0.6 is 0 Å². The van der Waals surface area contributed by atoms with Gasteiger partial charge in [-0.3, -0.25) is 0 Å². The lowest BCUT2D eigenvalue weighted by atomic mass is 9.85. The van der Waals surface area contributed by atoms with Crippen LogP contribution in [0.25, 0.3) is 0 Å². The average molecular weight is 366 g/mol. The Kier molecular flexibility index (Phi) is 6.71. The van der Waals surface area contributed by atoms with Crippen molar-refractivity contribution in [1.29, 1.82) is 0 Å². The zero-order valence-electron chi connectivity index (χ0n) is 16.5. The van der Waals surface area contributed by atoms with E-state index >= 15 is 0 Å². The van der Waals surface area contributed by atoms with Gasteiger partial charge in [-0.15, -0.1) is 0 Å². The van der Waals surface area contributed by atoms with Crippen LogP contribution in [0.1, 0.15) is 53.0 Å². The highest BCUT2D eigenvalue weighted by Gasteiger charge is 2.49. The Labute approximate surface area is 153 Å². The molecule has 5 heteroatoms. The number of benzene rings is 1. The van der Waals surface area contributed by atoms with Crippen molar-refractivity contribution in [3.8, 4) is 5.75 Å². The van der Waals surface area contributed by atoms with Crippen LogP contribution in [-0.2, 0) is 4.43 Å². The summed E-state index contributed by atoms with van der Waals surface area (Å²) in [5.41, 5.74) is 2.56. The van der Waals surface area contributed by atoms with Crippen molar-refractivity contribution < 1.29 is 14.6 Å². The number of aliphatic hydroxyl groups is 1. The van der Waals surface area contributed by atoms with E-state index in [9.17, 15) is 10.2 Å². The Morgan fingerprint density at radius 1 is 0.960 bits per heavy atom. The maximum Gasteiger partial charge on any atom is 0.200 e. The fourth-order valence-corrected chi connectivity index (χ4v) is 10.4. The van der Waals surface area contributed by atoms with Gasteiger partial charge < -0.3 is 20.0 Å². The van der Waals surface area contributed by atoms with Gasteiger partial charge >= 0.3 is 0 Å². The number of hydrogen-bond donors (Lipinski definition) is 3. The lowest BCUT2D eigenvalue weighted by Gasteiger charge is -2.48. The van der Waals surface area contributed by atoms with E-state index in [-0.39, 0.29) is 17.8 Å². The normalized spacial score (nSPS) is 25.1. The predicted octanol–water partition coefficient (Wildman–Crippen LogP) is 4.00. The third-order valence-corrected chi connectivity index (χ3v) is 12.0. The Balaban J connectivity index is 2.37. The summed E-state index contributed by atoms with van der Waals surface area (Å²) in [7, 11) is -2.03. The van der Waals surface area contributed by atoms with Crippen molar-refractivity contribution in [2.45, 2.75) is 76.3 Å². The second kappa shape index (κ2) is 8.21. The molecule has 0 bridgehead atoms. The largest absolute Gasteiger partial charge is 0.508 e. The van der Waals surface area contributed by atoms with Gasteiger partial charge in [-0.25, -0.2) is 0 Å². The molecule has 0 unspecified atom stereocenters. The maximum atomic E-state index is 10.7. The third-order valence-electron chi connectivity index (χ3n) is 5.85. The fraction of sp³-hybridized carbons (Fsp3) is 0.700. The van der Waals surface area contributed by atoms with Gasteiger partial charge in [0.15, 0.2) is 0 Å². The topological polar surface area (TPSA) is 61.7 Å². The van der Waals surface area contributed by atoms with E-state index in [0.717, 1.165) is 12.1 Å². The number of hydrogen-bond acceptors (Lipinski definition) is 4. The molecule has 0 spiro atoms. The number of phenols is 1. The molecule has 1 aliphatic rings. The molecule has 1 aromatic carbocycles. The minimum Gasteiger partial charge on any atom is -0.508 e. The monoisotopic (exact) mass is 365 g/mol. The van der Waals surface area contributed by atoms with Crippen molar-refractivity contribution in [2.24, 2.45) is 0 Å². The van der Waals surface area contributed by atoms with Crippen molar-refractivity contribution in [3.05, 3.63) is 29.8 Å². The number of nitrogens with one attached hydrogen (secondary N) is 1. The van der Waals surface area contributed by atoms with Gasteiger partial charge in [-0.1, -0.05) is 53.7 Å². The van der Waals surface area contributed by atoms with Crippen molar-refractivity contribution in [2.75, 3.05) is 13.1 Å². The first-order valence-electron chi connectivity index (χ1n) is 9.55. The van der Waals surface area contributed by atoms with Gasteiger partial charge in [0.05, 0.1) is 12.2 Å². The first kappa shape index (κ1) is 20.4. The SMILES string of the molecule is CC(C)[Si](O[C@@H]1CNC[C@H](O)[C@@H]1c1ccc(O)cc1)(C(C)C)C(C)C. The number of aromatic hydroxyl groups is 1. The van der Waals surface area contributed by atoms with Crippen molar-refractivity contribution in [1.82, 2.24) is 5.32 Å². The zero-order chi connectivity index (χ0) is 18.8. The lowest BCUT2D eigenvalue weighted by Crippen LogP contribution is -2.57. The average Bonchev–Trinajstić information content (AvgIpc) is 2.52. The number of β-amino-alcohol motifs (C(OH)–C–C–N with tert-alkyl or cyclic N) is 1. The molecule has 1 saturated heterocycles. The summed E-state index contributed by atoms with van der Waals surface area (Å²) in [5.74, 6) is 0.185. The third kappa shape index (κ3) is 4.10. The highest BCUT2D eigenvalue weighted by atomic mass is 28.4. The number of piperidine rings is 1. The first-order chi connectivity index (χ1) is 11.7. The van der Waals surface area contributed by atoms with Crippen LogP contribution in [0.5, 0.6) is 5.75 Å². The summed E-state index contributed by atoms with van der Waals surface area (Å²) < 4.78 is 6.98. The quantitative estimate of drug-likeness (QED) is 0.667. The predicted molar refractivity (Wildman–Crippen MR) is 106 cm³/mol. The van der Waals surface area contributed by atoms with Gasteiger partial charge in [0.2, 0.25) is 8.32 Å². The van der Waals surface area contributed by atoms with E-state index in [1.165, 1.54) is 0 Å². The van der Waals surface area contributed by atoms with Crippen LogP contribution in [0.15, 0.2) is 24.3 Å². The van der Waals surface area contributed by atoms with Crippen LogP contribution in [0.3, 0.4) is 0 Å². The lowest BCUT2D eigenvalue weighted by molar-refractivity contribution is 0.0303. The fourth-order valence-electron chi connectivity index (χ4n) is 4.79. The molecule has 3 N–H and O–H groups in total. The molecule has 1 aliphatic heterocycles. The van der Waals surface area contributed by atoms with Crippen LogP contribution < -0.4 is 5.32 Å². The van der Waals surface area contributed by atoms with E-state index < -0.39 is 14.4 Å². The minimum atomic E-state index is -2.03. The molecule has 0 aliphatic carbocycles. The van der Waals surface area contributed by atoms with Crippen LogP contribution in [0.2, 0.25) is 16.6 Å². The van der Waals surface area contributed by atoms with Crippen LogP contribution in [0, 0.1) is 0 Å². The van der Waals surface area contributed by atoms with E-state index in [4.69, 9.17) is 4.43 Å². The molecular weight excluding hydrogens is 330 g/mol. The smallest absolute Gasteiger partial charge is 0.200 e. The van der Waals surface area contributed by atoms with E-state index in [0.29, 0.717) is 23.2 Å². The van der Waals surface area contributed by atoms with Gasteiger partial charge in [-0.05, 0) is 34.3 Å². The van der Waals surface area contributed by atoms with Crippen molar-refractivity contribution >= 4 is 8.32 Å². The van der Waals surface area contributed by atoms with Gasteiger partial charge in [0, 0.05) is 19.0 Å². The maximum absolute atomic E-state index is 10.7. The Hall–Kier alpha value is -0.883. The van der Waals surface area contributed by atoms with Gasteiger partial charge in [-0.2, -0.15) is 0 Å². The molecule has 0 radical (unpaired) electrons. The second-order valence-electron chi connectivity index (χ2n) is 8.32. The van der Waals surface area contributed by atoms with Crippen LogP contribution in [-0.4, -0.2) is 43.8 Å². The molecule has 142 valence electrons. The van der Waals surface area contributed by atoms with E-state index in [2.05, 4.69) is 46.9 Å². The number of aliphatic hydroxyl groups excluding tert-OH is 1. The number of rotatable bonds is 6. The highest BCUT2D eigenvalue weighted by Crippen LogP contribution is 2.45. The standard InChI is InChI=1S/C20H35NO3Si/c1-13(2)25(14(3)4,15(5)6)24-19-12-21-11-18(23)20(19)16-7-9-17(22)10-8-16/h7-10,13-15,18-23H,11-12H2,1-6H3/t18-,19+,20-/m0/s1. The Morgan fingerprint density at radius 2 is 1.48 bits per heavy atom. The molecule has 1 heterocycles. The molecule has 0 saturated carbocycles. The summed E-state index contributed by atoms with van der Waals surface area (Å²) in [5, 5.41) is 23.6. The molecule has 0 aromatic heterocycles. The van der Waals surface area contributed by atoms with Gasteiger partial charge in [0.1, 0.15) is 5.75 Å². The summed E-state index contributed by atoms with van der Waals surface area (Å²) in [4.78, 5) is 0. The Bertz CT molecular complexity index is 523. The summed E-state index contributed by atoms with van der Waals surface area (Å²) in [6, 6.07) is 7.21. The van der Waals surface area contributed by atoms with E-state index in [1.54, 1.807) is 12.1 Å². The molecular formula is C20H35NO3Si. The molecule has 2 rings (SSSR count). The summed E-state index contributed by atoms with van der Waals surface area (Å²) in [6.45, 7) is 15.0. The minimum absolute atomic E-state index is 0.0489. The molecule has 25 heavy (non-hydrogen) atoms. The Morgan fingerprint density at radius 3 is 1.96 bits per heavy atom. The second-order valence-corrected chi connectivity index (χ2v) is 13.7. The van der Waals surface area contributed by atoms with Crippen LogP contribution in [0.4, 0.5) is 0 Å². The molecule has 3 atom stereocenters. The van der Waals surface area contributed by atoms with Crippen molar-refractivity contribution in [3.63, 3.8) is 0 Å². The molecule has 1 aromatic rings. The van der Waals surface area contributed by atoms with Gasteiger partial charge in [0.25, 0.3) is 0 Å². The first-order valence-corrected chi connectivity index (χ1v) is 11.7. The summed E-state index contributed by atoms with van der Waals surface area (Å²) >= 11 is 0. The molecule has 0 amide bonds. The van der Waals surface area contributed by atoms with E-state index in [1.807, 2.05) is 12.1 Å².